The van der Waals surface area contributed by atoms with Gasteiger partial charge in [-0.05, 0) is 19.9 Å². The van der Waals surface area contributed by atoms with E-state index in [-0.39, 0.29) is 33.7 Å². The summed E-state index contributed by atoms with van der Waals surface area (Å²) in [7, 11) is 1.42. The number of methoxy groups -OCH3 is 1. The van der Waals surface area contributed by atoms with Gasteiger partial charge in [0.05, 0.1) is 47.0 Å². The summed E-state index contributed by atoms with van der Waals surface area (Å²) < 4.78 is 34.8. The van der Waals surface area contributed by atoms with Gasteiger partial charge in [0.2, 0.25) is 5.78 Å². The second-order valence-electron chi connectivity index (χ2n) is 14.4. The van der Waals surface area contributed by atoms with Gasteiger partial charge < -0.3 is 49.1 Å². The fourth-order valence-corrected chi connectivity index (χ4v) is 7.37. The fraction of sp³-hybridized carbons (Fsp3) is 0.513. The number of phenolic OH excluding ortho intramolecular Hbond substituents is 1. The molecule has 1 spiro atoms. The summed E-state index contributed by atoms with van der Waals surface area (Å²) in [6.07, 6.45) is 4.41. The van der Waals surface area contributed by atoms with Crippen LogP contribution in [0.25, 0.3) is 0 Å². The summed E-state index contributed by atoms with van der Waals surface area (Å²) in [4.78, 5) is 66.6. The van der Waals surface area contributed by atoms with Gasteiger partial charge in [-0.2, -0.15) is 0 Å². The van der Waals surface area contributed by atoms with E-state index in [1.165, 1.54) is 47.0 Å². The average molecular weight is 754 g/mol. The molecular formula is C39H47NO14. The van der Waals surface area contributed by atoms with E-state index in [2.05, 4.69) is 5.32 Å². The van der Waals surface area contributed by atoms with E-state index >= 15 is 0 Å². The number of benzene rings is 1. The number of esters is 2. The third-order valence-corrected chi connectivity index (χ3v) is 10.6. The minimum atomic E-state index is -2.21. The molecule has 6 rings (SSSR count). The van der Waals surface area contributed by atoms with E-state index in [4.69, 9.17) is 28.4 Å². The Kier molecular flexibility index (Phi) is 11.3. The number of hydrogen-bond acceptors (Lipinski definition) is 14. The van der Waals surface area contributed by atoms with E-state index in [0.29, 0.717) is 0 Å². The lowest BCUT2D eigenvalue weighted by Gasteiger charge is -2.38. The Bertz CT molecular complexity index is 1880. The third kappa shape index (κ3) is 7.08. The lowest BCUT2D eigenvalue weighted by atomic mass is 9.78. The van der Waals surface area contributed by atoms with Crippen molar-refractivity contribution in [1.29, 1.82) is 0 Å². The topological polar surface area (TPSA) is 213 Å². The number of aliphatic hydroxyl groups is 2. The Morgan fingerprint density at radius 3 is 2.26 bits per heavy atom. The number of fused-ring (bicyclic) bond motifs is 13. The van der Waals surface area contributed by atoms with Crippen LogP contribution in [-0.4, -0.2) is 88.7 Å². The van der Waals surface area contributed by atoms with Gasteiger partial charge >= 0.3 is 17.7 Å². The summed E-state index contributed by atoms with van der Waals surface area (Å²) >= 11 is 0. The highest BCUT2D eigenvalue weighted by atomic mass is 16.8. The smallest absolute Gasteiger partial charge is 0.335 e. The predicted octanol–water partition coefficient (Wildman–Crippen LogP) is 3.17. The highest BCUT2D eigenvalue weighted by Crippen LogP contribution is 2.53. The van der Waals surface area contributed by atoms with Crippen molar-refractivity contribution < 1.29 is 67.7 Å². The van der Waals surface area contributed by atoms with Crippen LogP contribution in [0.15, 0.2) is 47.9 Å². The van der Waals surface area contributed by atoms with Gasteiger partial charge in [-0.15, -0.1) is 0 Å². The van der Waals surface area contributed by atoms with Crippen molar-refractivity contribution in [1.82, 2.24) is 5.32 Å². The number of Topliss-reactive ketones (excluding diaryl/α,β-unsaturated/α-hetero) is 2. The molecule has 4 N–H and O–H groups in total. The number of aliphatic hydroxyl groups excluding tert-OH is 2. The number of phenols is 1. The van der Waals surface area contributed by atoms with Crippen LogP contribution < -0.4 is 10.1 Å². The number of ketones is 2. The molecule has 5 bridgehead atoms. The number of hydrogen-bond donors (Lipinski definition) is 4. The normalized spacial score (nSPS) is 36.6. The maximum atomic E-state index is 14.3. The van der Waals surface area contributed by atoms with Crippen molar-refractivity contribution in [3.63, 3.8) is 0 Å². The molecule has 0 unspecified atom stereocenters. The Labute approximate surface area is 312 Å². The molecule has 1 saturated heterocycles. The van der Waals surface area contributed by atoms with Crippen LogP contribution >= 0.6 is 0 Å². The molecule has 0 aromatic heterocycles. The Morgan fingerprint density at radius 2 is 1.65 bits per heavy atom. The van der Waals surface area contributed by atoms with Gasteiger partial charge in [0.1, 0.15) is 24.2 Å². The number of rotatable bonds is 2. The minimum Gasteiger partial charge on any atom is -0.507 e. The Morgan fingerprint density at radius 1 is 0.963 bits per heavy atom. The van der Waals surface area contributed by atoms with Crippen LogP contribution in [0.2, 0.25) is 0 Å². The van der Waals surface area contributed by atoms with Crippen molar-refractivity contribution in [2.24, 2.45) is 23.7 Å². The summed E-state index contributed by atoms with van der Waals surface area (Å²) in [6, 6.07) is 0. The van der Waals surface area contributed by atoms with Crippen molar-refractivity contribution in [2.75, 3.05) is 13.7 Å². The standard InChI is InChI=1S/C39H47NO14/c1-17-11-10-12-18(2)37(48)40-24-15-39(51-16-26(42)53-39)29-27(33(24)46)32(45)22(6)35-28(29)36(47)38(8,54-35)50-14-13-25(49-9)19(3)34(52-23(7)41)21(5)31(44)20(4)30(17)43/h10-15,17,19-21,25,30-31,34,43-45H,16H2,1-9H3,(H,40,48)/b11-10+,14-13+,18-12-/t17-,19+,20+,21+,25-,30-,31+,34+,38-,39-/m0/s1. The van der Waals surface area contributed by atoms with Crippen LogP contribution in [0.1, 0.15) is 80.3 Å². The van der Waals surface area contributed by atoms with Crippen molar-refractivity contribution in [3.8, 4) is 11.5 Å². The monoisotopic (exact) mass is 753 g/mol. The number of allylic oxidation sites excluding steroid dienone is 3. The molecule has 0 saturated carbocycles. The number of nitrogens with one attached hydrogen (secondary N) is 1. The second-order valence-corrected chi connectivity index (χ2v) is 14.4. The van der Waals surface area contributed by atoms with Crippen LogP contribution in [0.4, 0.5) is 0 Å². The molecule has 4 aliphatic heterocycles. The third-order valence-electron chi connectivity index (χ3n) is 10.6. The van der Waals surface area contributed by atoms with Crippen LogP contribution in [0.5, 0.6) is 11.5 Å². The first kappa shape index (κ1) is 40.4. The average Bonchev–Trinajstić information content (AvgIpc) is 3.62. The van der Waals surface area contributed by atoms with E-state index < -0.39 is 107 Å². The number of carbonyl (C=O) groups is 5. The number of aromatic hydroxyl groups is 1. The minimum absolute atomic E-state index is 0.00812. The molecule has 5 aliphatic rings. The van der Waals surface area contributed by atoms with Gasteiger partial charge in [-0.25, -0.2) is 4.79 Å². The molecule has 1 aliphatic carbocycles. The zero-order chi connectivity index (χ0) is 40.0. The Balaban J connectivity index is 1.66. The molecule has 10 atom stereocenters. The van der Waals surface area contributed by atoms with E-state index in [1.807, 2.05) is 0 Å². The first-order valence-electron chi connectivity index (χ1n) is 17.6. The van der Waals surface area contributed by atoms with Crippen molar-refractivity contribution >= 4 is 29.4 Å². The quantitative estimate of drug-likeness (QED) is 0.320. The SMILES string of the molecule is CO[C@H]1/C=C/O[C@@]2(C)Oc3c(C)c(O)c4c(c3C2=O)[C@@]2(C=C(NC(=O)/C(C)=C\C=C\[C@H](C)[C@H](O)[C@@H](C)[C@@H](O)[C@@H](C)[C@H](OC(C)=O)[C@@H]1C)C4=O)OCC(=O)O2. The molecule has 54 heavy (non-hydrogen) atoms. The number of carbonyl (C=O) groups excluding carboxylic acids is 5. The largest absolute Gasteiger partial charge is 0.507 e. The predicted molar refractivity (Wildman–Crippen MR) is 189 cm³/mol. The van der Waals surface area contributed by atoms with Gasteiger partial charge in [-0.1, -0.05) is 45.9 Å². The molecule has 15 nitrogen and oxygen atoms in total. The van der Waals surface area contributed by atoms with Crippen LogP contribution in [-0.2, 0) is 43.9 Å². The summed E-state index contributed by atoms with van der Waals surface area (Å²) in [6.45, 7) is 11.7. The van der Waals surface area contributed by atoms with Crippen LogP contribution in [0.3, 0.4) is 0 Å². The molecule has 15 heteroatoms. The molecule has 0 radical (unpaired) electrons. The lowest BCUT2D eigenvalue weighted by molar-refractivity contribution is -0.161. The summed E-state index contributed by atoms with van der Waals surface area (Å²) in [5, 5.41) is 36.6. The van der Waals surface area contributed by atoms with Gasteiger partial charge in [0.15, 0.2) is 0 Å². The van der Waals surface area contributed by atoms with Gasteiger partial charge in [0, 0.05) is 61.8 Å². The zero-order valence-corrected chi connectivity index (χ0v) is 31.6. The summed E-state index contributed by atoms with van der Waals surface area (Å²) in [5.74, 6) is -11.4. The Hall–Kier alpha value is -4.83. The van der Waals surface area contributed by atoms with Gasteiger partial charge in [-0.3, -0.25) is 19.2 Å². The second kappa shape index (κ2) is 15.1. The van der Waals surface area contributed by atoms with Crippen molar-refractivity contribution in [2.45, 2.75) is 91.4 Å². The molecular weight excluding hydrogens is 706 g/mol. The highest BCUT2D eigenvalue weighted by Gasteiger charge is 2.58. The number of amides is 1. The first-order valence-corrected chi connectivity index (χ1v) is 17.6. The summed E-state index contributed by atoms with van der Waals surface area (Å²) in [5.41, 5.74) is -1.23. The molecule has 4 heterocycles. The van der Waals surface area contributed by atoms with E-state index in [9.17, 15) is 39.3 Å². The highest BCUT2D eigenvalue weighted by molar-refractivity contribution is 6.19. The maximum Gasteiger partial charge on any atom is 0.335 e. The lowest BCUT2D eigenvalue weighted by Crippen LogP contribution is -2.46. The van der Waals surface area contributed by atoms with Gasteiger partial charge in [0.25, 0.3) is 17.5 Å². The maximum absolute atomic E-state index is 14.3. The zero-order valence-electron chi connectivity index (χ0n) is 31.6. The molecule has 1 aromatic rings. The van der Waals surface area contributed by atoms with E-state index in [0.717, 1.165) is 12.3 Å². The fourth-order valence-electron chi connectivity index (χ4n) is 7.37. The molecule has 1 amide bonds. The molecule has 1 fully saturated rings. The number of ether oxygens (including phenoxy) is 6. The molecule has 292 valence electrons. The van der Waals surface area contributed by atoms with E-state index in [1.54, 1.807) is 39.8 Å². The van der Waals surface area contributed by atoms with Crippen molar-refractivity contribution in [3.05, 3.63) is 70.2 Å². The molecule has 1 aromatic carbocycles. The van der Waals surface area contributed by atoms with Crippen LogP contribution in [0, 0.1) is 30.6 Å². The first-order chi connectivity index (χ1) is 25.3.